The Kier molecular flexibility index (Phi) is 4.15. The molecule has 21 heavy (non-hydrogen) atoms. The van der Waals surface area contributed by atoms with E-state index in [1.165, 1.54) is 19.3 Å². The molecule has 2 N–H and O–H groups in total. The molecule has 1 aromatic rings. The van der Waals surface area contributed by atoms with E-state index in [-0.39, 0.29) is 5.41 Å². The Morgan fingerprint density at radius 3 is 2.43 bits per heavy atom. The van der Waals surface area contributed by atoms with Gasteiger partial charge in [0.15, 0.2) is 17.8 Å². The molecule has 1 saturated carbocycles. The van der Waals surface area contributed by atoms with Crippen molar-refractivity contribution in [3.05, 3.63) is 23.3 Å². The topological polar surface area (TPSA) is 61.6 Å². The van der Waals surface area contributed by atoms with Gasteiger partial charge in [0.1, 0.15) is 0 Å². The van der Waals surface area contributed by atoms with Crippen LogP contribution in [-0.4, -0.2) is 26.0 Å². The number of carbonyl (C=O) groups is 1. The second kappa shape index (κ2) is 6.06. The van der Waals surface area contributed by atoms with Gasteiger partial charge < -0.3 is 15.2 Å². The molecule has 1 heterocycles. The molecule has 1 aromatic carbocycles. The minimum absolute atomic E-state index is 0.0303. The third-order valence-electron chi connectivity index (χ3n) is 4.82. The number of hydrogen-bond donors (Lipinski definition) is 1. The summed E-state index contributed by atoms with van der Waals surface area (Å²) in [6.45, 7) is 1.83. The van der Waals surface area contributed by atoms with E-state index in [0.717, 1.165) is 36.9 Å². The van der Waals surface area contributed by atoms with Crippen LogP contribution in [0.5, 0.6) is 11.5 Å². The maximum Gasteiger partial charge on any atom is 0.171 e. The van der Waals surface area contributed by atoms with Crippen LogP contribution in [0.1, 0.15) is 54.4 Å². The molecule has 114 valence electrons. The molecular formula is C17H23NO3. The van der Waals surface area contributed by atoms with Gasteiger partial charge in [-0.15, -0.1) is 0 Å². The van der Waals surface area contributed by atoms with Crippen molar-refractivity contribution in [1.29, 1.82) is 0 Å². The van der Waals surface area contributed by atoms with Gasteiger partial charge in [-0.25, -0.2) is 0 Å². The summed E-state index contributed by atoms with van der Waals surface area (Å²) in [5.74, 6) is 1.36. The highest BCUT2D eigenvalue weighted by Gasteiger charge is 2.37. The van der Waals surface area contributed by atoms with Gasteiger partial charge in [0, 0.05) is 23.9 Å². The third-order valence-corrected chi connectivity index (χ3v) is 4.82. The minimum Gasteiger partial charge on any atom is -0.489 e. The lowest BCUT2D eigenvalue weighted by molar-refractivity contribution is 0.111. The molecule has 0 atom stereocenters. The van der Waals surface area contributed by atoms with Crippen molar-refractivity contribution in [1.82, 2.24) is 0 Å². The highest BCUT2D eigenvalue weighted by atomic mass is 16.5. The molecule has 0 aromatic heterocycles. The highest BCUT2D eigenvalue weighted by molar-refractivity contribution is 5.82. The second-order valence-electron chi connectivity index (χ2n) is 6.07. The maximum absolute atomic E-state index is 11.3. The molecule has 3 rings (SSSR count). The number of nitrogens with two attached hydrogens (primary N) is 1. The zero-order chi connectivity index (χ0) is 14.7. The lowest BCUT2D eigenvalue weighted by Crippen LogP contribution is -2.37. The fraction of sp³-hybridized carbons (Fsp3) is 0.588. The first-order valence-electron chi connectivity index (χ1n) is 7.89. The summed E-state index contributed by atoms with van der Waals surface area (Å²) in [4.78, 5) is 11.3. The zero-order valence-electron chi connectivity index (χ0n) is 12.4. The van der Waals surface area contributed by atoms with Crippen LogP contribution in [0.25, 0.3) is 0 Å². The van der Waals surface area contributed by atoms with Crippen LogP contribution in [0.3, 0.4) is 0 Å². The quantitative estimate of drug-likeness (QED) is 0.869. The molecule has 0 amide bonds. The Morgan fingerprint density at radius 2 is 1.76 bits per heavy atom. The number of aldehydes is 1. The summed E-state index contributed by atoms with van der Waals surface area (Å²) < 4.78 is 11.8. The fourth-order valence-electron chi connectivity index (χ4n) is 3.60. The van der Waals surface area contributed by atoms with Crippen molar-refractivity contribution in [2.45, 2.75) is 43.9 Å². The van der Waals surface area contributed by atoms with Crippen molar-refractivity contribution in [2.75, 3.05) is 19.8 Å². The number of hydrogen-bond acceptors (Lipinski definition) is 4. The van der Waals surface area contributed by atoms with Crippen molar-refractivity contribution in [3.63, 3.8) is 0 Å². The Hall–Kier alpha value is -1.55. The smallest absolute Gasteiger partial charge is 0.171 e. The van der Waals surface area contributed by atoms with Crippen LogP contribution >= 0.6 is 0 Å². The first kappa shape index (κ1) is 14.4. The average Bonchev–Trinajstić information content (AvgIpc) is 2.80. The molecule has 1 aliphatic carbocycles. The molecule has 1 fully saturated rings. The van der Waals surface area contributed by atoms with Gasteiger partial charge in [-0.05, 0) is 18.9 Å². The second-order valence-corrected chi connectivity index (χ2v) is 6.07. The molecule has 0 unspecified atom stereocenters. The van der Waals surface area contributed by atoms with E-state index in [0.29, 0.717) is 31.1 Å². The Morgan fingerprint density at radius 1 is 1.05 bits per heavy atom. The Bertz CT molecular complexity index is 521. The molecule has 0 spiro atoms. The van der Waals surface area contributed by atoms with Gasteiger partial charge in [0.2, 0.25) is 0 Å². The number of rotatable bonds is 3. The van der Waals surface area contributed by atoms with E-state index in [1.807, 2.05) is 12.1 Å². The van der Waals surface area contributed by atoms with Crippen molar-refractivity contribution >= 4 is 6.29 Å². The van der Waals surface area contributed by atoms with Gasteiger partial charge in [0.05, 0.1) is 18.8 Å². The number of ether oxygens (including phenoxy) is 2. The molecule has 0 radical (unpaired) electrons. The predicted octanol–water partition coefficient (Wildman–Crippen LogP) is 2.82. The standard InChI is InChI=1S/C17H23NO3/c18-12-17(7-2-1-3-8-17)14-6-5-13(11-19)15-16(14)21-10-4-9-20-15/h5-6,11H,1-4,7-10,12,18H2. The van der Waals surface area contributed by atoms with Gasteiger partial charge in [0.25, 0.3) is 0 Å². The molecule has 2 aliphatic rings. The molecule has 1 aliphatic heterocycles. The van der Waals surface area contributed by atoms with Crippen molar-refractivity contribution < 1.29 is 14.3 Å². The first-order chi connectivity index (χ1) is 10.3. The van der Waals surface area contributed by atoms with E-state index in [1.54, 1.807) is 0 Å². The van der Waals surface area contributed by atoms with E-state index in [2.05, 4.69) is 0 Å². The monoisotopic (exact) mass is 289 g/mol. The maximum atomic E-state index is 11.3. The lowest BCUT2D eigenvalue weighted by Gasteiger charge is -2.38. The Balaban J connectivity index is 2.11. The molecule has 0 saturated heterocycles. The molecular weight excluding hydrogens is 266 g/mol. The third kappa shape index (κ3) is 2.53. The van der Waals surface area contributed by atoms with Gasteiger partial charge in [-0.3, -0.25) is 4.79 Å². The van der Waals surface area contributed by atoms with Crippen molar-refractivity contribution in [2.24, 2.45) is 5.73 Å². The summed E-state index contributed by atoms with van der Waals surface area (Å²) in [6, 6.07) is 3.87. The zero-order valence-corrected chi connectivity index (χ0v) is 12.4. The van der Waals surface area contributed by atoms with E-state index in [4.69, 9.17) is 15.2 Å². The SMILES string of the molecule is NCC1(c2ccc(C=O)c3c2OCCCO3)CCCCC1. The number of benzene rings is 1. The summed E-state index contributed by atoms with van der Waals surface area (Å²) in [6.07, 6.45) is 7.51. The average molecular weight is 289 g/mol. The molecule has 0 bridgehead atoms. The number of fused-ring (bicyclic) bond motifs is 1. The number of carbonyl (C=O) groups excluding carboxylic acids is 1. The summed E-state index contributed by atoms with van der Waals surface area (Å²) in [5, 5.41) is 0. The molecule has 4 nitrogen and oxygen atoms in total. The van der Waals surface area contributed by atoms with E-state index in [9.17, 15) is 4.79 Å². The normalized spacial score (nSPS) is 20.6. The van der Waals surface area contributed by atoms with E-state index < -0.39 is 0 Å². The van der Waals surface area contributed by atoms with Gasteiger partial charge in [-0.2, -0.15) is 0 Å². The van der Waals surface area contributed by atoms with Crippen LogP contribution in [-0.2, 0) is 5.41 Å². The van der Waals surface area contributed by atoms with Crippen LogP contribution < -0.4 is 15.2 Å². The van der Waals surface area contributed by atoms with Crippen LogP contribution in [0.15, 0.2) is 12.1 Å². The first-order valence-corrected chi connectivity index (χ1v) is 7.89. The van der Waals surface area contributed by atoms with Crippen LogP contribution in [0, 0.1) is 0 Å². The van der Waals surface area contributed by atoms with Crippen molar-refractivity contribution in [3.8, 4) is 11.5 Å². The van der Waals surface area contributed by atoms with Crippen LogP contribution in [0.4, 0.5) is 0 Å². The summed E-state index contributed by atoms with van der Waals surface area (Å²) >= 11 is 0. The van der Waals surface area contributed by atoms with Gasteiger partial charge >= 0.3 is 0 Å². The van der Waals surface area contributed by atoms with Crippen LogP contribution in [0.2, 0.25) is 0 Å². The lowest BCUT2D eigenvalue weighted by atomic mass is 9.69. The summed E-state index contributed by atoms with van der Waals surface area (Å²) in [5.41, 5.74) is 7.82. The largest absolute Gasteiger partial charge is 0.489 e. The fourth-order valence-corrected chi connectivity index (χ4v) is 3.60. The Labute approximate surface area is 125 Å². The van der Waals surface area contributed by atoms with E-state index >= 15 is 0 Å². The highest BCUT2D eigenvalue weighted by Crippen LogP contribution is 2.47. The van der Waals surface area contributed by atoms with Gasteiger partial charge in [-0.1, -0.05) is 25.3 Å². The minimum atomic E-state index is -0.0303. The summed E-state index contributed by atoms with van der Waals surface area (Å²) in [7, 11) is 0. The predicted molar refractivity (Wildman–Crippen MR) is 81.3 cm³/mol. The molecule has 4 heteroatoms.